The van der Waals surface area contributed by atoms with Crippen LogP contribution in [-0.4, -0.2) is 29.7 Å². The van der Waals surface area contributed by atoms with Gasteiger partial charge in [0.15, 0.2) is 11.5 Å². The number of benzene rings is 2. The Balaban J connectivity index is 1.72. The second-order valence-electron chi connectivity index (χ2n) is 5.43. The van der Waals surface area contributed by atoms with E-state index in [1.54, 1.807) is 38.7 Å². The van der Waals surface area contributed by atoms with Crippen molar-refractivity contribution >= 4 is 16.9 Å². The highest BCUT2D eigenvalue weighted by Gasteiger charge is 2.11. The molecular weight excluding hydrogens is 306 g/mol. The molecule has 2 aromatic carbocycles. The van der Waals surface area contributed by atoms with Gasteiger partial charge in [-0.05, 0) is 35.9 Å². The largest absolute Gasteiger partial charge is 0.493 e. The molecule has 0 aliphatic heterocycles. The molecular formula is C18H19N3O3. The summed E-state index contributed by atoms with van der Waals surface area (Å²) in [4.78, 5) is 16.7. The zero-order valence-electron chi connectivity index (χ0n) is 13.9. The van der Waals surface area contributed by atoms with Crippen molar-refractivity contribution in [2.24, 2.45) is 7.05 Å². The second kappa shape index (κ2) is 6.62. The zero-order chi connectivity index (χ0) is 17.1. The molecule has 6 heteroatoms. The highest BCUT2D eigenvalue weighted by atomic mass is 16.5. The molecule has 1 aromatic heterocycles. The van der Waals surface area contributed by atoms with E-state index in [1.807, 2.05) is 29.8 Å². The van der Waals surface area contributed by atoms with E-state index in [1.165, 1.54) is 0 Å². The summed E-state index contributed by atoms with van der Waals surface area (Å²) in [5.74, 6) is 0.951. The van der Waals surface area contributed by atoms with Crippen LogP contribution in [0.4, 0.5) is 0 Å². The van der Waals surface area contributed by atoms with Gasteiger partial charge >= 0.3 is 0 Å². The van der Waals surface area contributed by atoms with Crippen LogP contribution in [0.3, 0.4) is 0 Å². The first-order chi connectivity index (χ1) is 11.6. The molecule has 0 aliphatic carbocycles. The number of nitrogens with one attached hydrogen (secondary N) is 1. The Hall–Kier alpha value is -3.02. The SMILES string of the molecule is COc1ccc(C(=O)NCc2ccc3c(c2)ncn3C)cc1OC. The average molecular weight is 325 g/mol. The molecule has 24 heavy (non-hydrogen) atoms. The van der Waals surface area contributed by atoms with Gasteiger partial charge in [-0.15, -0.1) is 0 Å². The van der Waals surface area contributed by atoms with E-state index in [9.17, 15) is 4.79 Å². The number of aryl methyl sites for hydroxylation is 1. The van der Waals surface area contributed by atoms with Crippen LogP contribution < -0.4 is 14.8 Å². The van der Waals surface area contributed by atoms with Crippen molar-refractivity contribution in [3.63, 3.8) is 0 Å². The van der Waals surface area contributed by atoms with E-state index >= 15 is 0 Å². The molecule has 1 N–H and O–H groups in total. The van der Waals surface area contributed by atoms with Crippen LogP contribution in [0, 0.1) is 0 Å². The second-order valence-corrected chi connectivity index (χ2v) is 5.43. The lowest BCUT2D eigenvalue weighted by molar-refractivity contribution is 0.0950. The lowest BCUT2D eigenvalue weighted by Crippen LogP contribution is -2.22. The molecule has 0 spiro atoms. The Morgan fingerprint density at radius 2 is 1.92 bits per heavy atom. The summed E-state index contributed by atoms with van der Waals surface area (Å²) in [6.45, 7) is 0.430. The summed E-state index contributed by atoms with van der Waals surface area (Å²) in [6, 6.07) is 11.0. The maximum atomic E-state index is 12.3. The predicted octanol–water partition coefficient (Wildman–Crippen LogP) is 2.52. The summed E-state index contributed by atoms with van der Waals surface area (Å²) >= 11 is 0. The molecule has 0 aliphatic rings. The fourth-order valence-electron chi connectivity index (χ4n) is 2.55. The third-order valence-corrected chi connectivity index (χ3v) is 3.89. The molecule has 3 aromatic rings. The van der Waals surface area contributed by atoms with E-state index in [-0.39, 0.29) is 5.91 Å². The fourth-order valence-corrected chi connectivity index (χ4v) is 2.55. The highest BCUT2D eigenvalue weighted by Crippen LogP contribution is 2.27. The van der Waals surface area contributed by atoms with E-state index in [0.717, 1.165) is 16.6 Å². The van der Waals surface area contributed by atoms with Crippen molar-refractivity contribution in [3.05, 3.63) is 53.9 Å². The van der Waals surface area contributed by atoms with Gasteiger partial charge < -0.3 is 19.4 Å². The van der Waals surface area contributed by atoms with Gasteiger partial charge in [0, 0.05) is 19.2 Å². The third kappa shape index (κ3) is 3.03. The number of ether oxygens (including phenoxy) is 2. The number of hydrogen-bond acceptors (Lipinski definition) is 4. The van der Waals surface area contributed by atoms with E-state index < -0.39 is 0 Å². The lowest BCUT2D eigenvalue weighted by Gasteiger charge is -2.10. The Labute approximate surface area is 140 Å². The number of aromatic nitrogens is 2. The number of rotatable bonds is 5. The van der Waals surface area contributed by atoms with Gasteiger partial charge in [-0.2, -0.15) is 0 Å². The number of methoxy groups -OCH3 is 2. The number of fused-ring (bicyclic) bond motifs is 1. The molecule has 0 saturated heterocycles. The Morgan fingerprint density at radius 1 is 1.12 bits per heavy atom. The quantitative estimate of drug-likeness (QED) is 0.783. The first-order valence-electron chi connectivity index (χ1n) is 7.52. The number of hydrogen-bond donors (Lipinski definition) is 1. The monoisotopic (exact) mass is 325 g/mol. The van der Waals surface area contributed by atoms with Gasteiger partial charge in [0.25, 0.3) is 5.91 Å². The summed E-state index contributed by atoms with van der Waals surface area (Å²) in [5, 5.41) is 2.91. The van der Waals surface area contributed by atoms with Crippen LogP contribution in [-0.2, 0) is 13.6 Å². The Morgan fingerprint density at radius 3 is 2.67 bits per heavy atom. The molecule has 3 rings (SSSR count). The van der Waals surface area contributed by atoms with Crippen LogP contribution in [0.2, 0.25) is 0 Å². The van der Waals surface area contributed by atoms with Crippen molar-refractivity contribution in [2.45, 2.75) is 6.54 Å². The minimum absolute atomic E-state index is 0.169. The fraction of sp³-hybridized carbons (Fsp3) is 0.222. The summed E-state index contributed by atoms with van der Waals surface area (Å²) in [7, 11) is 5.06. The molecule has 0 bridgehead atoms. The van der Waals surface area contributed by atoms with Gasteiger partial charge in [0.2, 0.25) is 0 Å². The maximum absolute atomic E-state index is 12.3. The number of imidazole rings is 1. The van der Waals surface area contributed by atoms with Crippen LogP contribution in [0.1, 0.15) is 15.9 Å². The zero-order valence-corrected chi connectivity index (χ0v) is 13.9. The first kappa shape index (κ1) is 15.9. The number of carbonyl (C=O) groups is 1. The first-order valence-corrected chi connectivity index (χ1v) is 7.52. The van der Waals surface area contributed by atoms with Crippen LogP contribution in [0.15, 0.2) is 42.7 Å². The van der Waals surface area contributed by atoms with Crippen LogP contribution >= 0.6 is 0 Å². The average Bonchev–Trinajstić information content (AvgIpc) is 2.99. The van der Waals surface area contributed by atoms with Gasteiger partial charge in [0.1, 0.15) is 0 Å². The number of amides is 1. The van der Waals surface area contributed by atoms with E-state index in [4.69, 9.17) is 9.47 Å². The van der Waals surface area contributed by atoms with E-state index in [2.05, 4.69) is 10.3 Å². The van der Waals surface area contributed by atoms with E-state index in [0.29, 0.717) is 23.6 Å². The third-order valence-electron chi connectivity index (χ3n) is 3.89. The lowest BCUT2D eigenvalue weighted by atomic mass is 10.1. The highest BCUT2D eigenvalue weighted by molar-refractivity contribution is 5.94. The minimum Gasteiger partial charge on any atom is -0.493 e. The molecule has 6 nitrogen and oxygen atoms in total. The molecule has 124 valence electrons. The molecule has 0 atom stereocenters. The summed E-state index contributed by atoms with van der Waals surface area (Å²) in [6.07, 6.45) is 1.77. The van der Waals surface area contributed by atoms with Gasteiger partial charge in [-0.25, -0.2) is 4.98 Å². The van der Waals surface area contributed by atoms with Gasteiger partial charge in [0.05, 0.1) is 31.6 Å². The predicted molar refractivity (Wildman–Crippen MR) is 91.4 cm³/mol. The van der Waals surface area contributed by atoms with Gasteiger partial charge in [-0.1, -0.05) is 6.07 Å². The number of carbonyl (C=O) groups excluding carboxylic acids is 1. The molecule has 1 amide bonds. The molecule has 0 fully saturated rings. The standard InChI is InChI=1S/C18H19N3O3/c1-21-11-20-14-8-12(4-6-15(14)21)10-19-18(22)13-5-7-16(23-2)17(9-13)24-3/h4-9,11H,10H2,1-3H3,(H,19,22). The molecule has 0 saturated carbocycles. The molecule has 0 radical (unpaired) electrons. The smallest absolute Gasteiger partial charge is 0.251 e. The molecule has 0 unspecified atom stereocenters. The van der Waals surface area contributed by atoms with Crippen molar-refractivity contribution in [1.29, 1.82) is 0 Å². The maximum Gasteiger partial charge on any atom is 0.251 e. The van der Waals surface area contributed by atoms with Crippen molar-refractivity contribution in [1.82, 2.24) is 14.9 Å². The molecule has 1 heterocycles. The minimum atomic E-state index is -0.169. The Bertz CT molecular complexity index is 886. The van der Waals surface area contributed by atoms with Crippen LogP contribution in [0.25, 0.3) is 11.0 Å². The Kier molecular flexibility index (Phi) is 4.37. The van der Waals surface area contributed by atoms with Crippen molar-refractivity contribution < 1.29 is 14.3 Å². The van der Waals surface area contributed by atoms with Crippen molar-refractivity contribution in [2.75, 3.05) is 14.2 Å². The van der Waals surface area contributed by atoms with Gasteiger partial charge in [-0.3, -0.25) is 4.79 Å². The normalized spacial score (nSPS) is 10.6. The van der Waals surface area contributed by atoms with Crippen molar-refractivity contribution in [3.8, 4) is 11.5 Å². The summed E-state index contributed by atoms with van der Waals surface area (Å²) < 4.78 is 12.4. The topological polar surface area (TPSA) is 65.4 Å². The summed E-state index contributed by atoms with van der Waals surface area (Å²) in [5.41, 5.74) is 3.49. The van der Waals surface area contributed by atoms with Crippen LogP contribution in [0.5, 0.6) is 11.5 Å². The number of nitrogens with zero attached hydrogens (tertiary/aromatic N) is 2.